The van der Waals surface area contributed by atoms with Gasteiger partial charge in [0.05, 0.1) is 6.04 Å². The molecule has 7 N–H and O–H groups in total. The minimum atomic E-state index is -1.34. The van der Waals surface area contributed by atoms with E-state index in [9.17, 15) is 14.7 Å². The third kappa shape index (κ3) is 5.40. The monoisotopic (exact) mass is 435 g/mol. The number of aliphatic hydroxyl groups excluding tert-OH is 1. The molecule has 2 aliphatic rings. The van der Waals surface area contributed by atoms with Crippen molar-refractivity contribution in [2.75, 3.05) is 7.05 Å². The minimum Gasteiger partial charge on any atom is -0.398 e. The molecule has 0 bridgehead atoms. The van der Waals surface area contributed by atoms with Crippen LogP contribution in [0.25, 0.3) is 11.8 Å². The van der Waals surface area contributed by atoms with Crippen LogP contribution in [0.4, 0.5) is 0 Å². The van der Waals surface area contributed by atoms with Gasteiger partial charge in [-0.25, -0.2) is 0 Å². The Hall–Kier alpha value is -3.49. The summed E-state index contributed by atoms with van der Waals surface area (Å²) >= 11 is 0. The van der Waals surface area contributed by atoms with Crippen LogP contribution < -0.4 is 22.1 Å². The van der Waals surface area contributed by atoms with E-state index < -0.39 is 24.0 Å². The normalized spacial score (nSPS) is 17.8. The fraction of sp³-hybridized carbons (Fsp3) is 0.292. The van der Waals surface area contributed by atoms with E-state index in [0.29, 0.717) is 17.8 Å². The number of Topliss-reactive ketones (excluding diaryl/α,β-unsaturated/α-hetero) is 1. The number of nitrogens with zero attached hydrogens (tertiary/aromatic N) is 1. The molecule has 1 aromatic rings. The molecule has 8 heteroatoms. The summed E-state index contributed by atoms with van der Waals surface area (Å²) in [5, 5.41) is 17.0. The number of hydrogen-bond acceptors (Lipinski definition) is 7. The second kappa shape index (κ2) is 10.7. The number of benzene rings is 1. The van der Waals surface area contributed by atoms with E-state index >= 15 is 0 Å². The lowest BCUT2D eigenvalue weighted by Gasteiger charge is -2.24. The summed E-state index contributed by atoms with van der Waals surface area (Å²) in [4.78, 5) is 28.1. The SMILES string of the molecule is CN=CC(=C(N)c1cccc2c1CNC=C2)C(O)NC(CC1=CCCC=C1)C(=O)C(N)=O. The highest BCUT2D eigenvalue weighted by molar-refractivity contribution is 6.37. The van der Waals surface area contributed by atoms with Crippen LogP contribution in [0.5, 0.6) is 0 Å². The fourth-order valence-electron chi connectivity index (χ4n) is 3.84. The summed E-state index contributed by atoms with van der Waals surface area (Å²) < 4.78 is 0. The zero-order chi connectivity index (χ0) is 23.1. The molecule has 168 valence electrons. The standard InChI is InChI=1S/C24H29N5O3/c1-27-13-19(21(25)17-9-5-8-16-10-11-28-14-18(16)17)24(32)29-20(22(30)23(26)31)12-15-6-3-2-4-7-15/h3,5-11,13,20,24,28-29,32H,2,4,12,14,25H2,1H3,(H2,26,31). The largest absolute Gasteiger partial charge is 0.398 e. The third-order valence-electron chi connectivity index (χ3n) is 5.47. The number of hydrogen-bond donors (Lipinski definition) is 5. The number of rotatable bonds is 9. The Balaban J connectivity index is 1.93. The molecule has 32 heavy (non-hydrogen) atoms. The second-order valence-corrected chi connectivity index (χ2v) is 7.66. The first kappa shape index (κ1) is 23.2. The summed E-state index contributed by atoms with van der Waals surface area (Å²) in [6, 6.07) is 4.74. The molecule has 1 aliphatic heterocycles. The zero-order valence-corrected chi connectivity index (χ0v) is 18.0. The van der Waals surface area contributed by atoms with Gasteiger partial charge in [0.25, 0.3) is 5.91 Å². The Morgan fingerprint density at radius 3 is 2.78 bits per heavy atom. The van der Waals surface area contributed by atoms with Crippen molar-refractivity contribution < 1.29 is 14.7 Å². The molecule has 3 rings (SSSR count). The molecule has 0 saturated carbocycles. The smallest absolute Gasteiger partial charge is 0.286 e. The molecule has 1 amide bonds. The van der Waals surface area contributed by atoms with Crippen LogP contribution in [0, 0.1) is 0 Å². The molecular formula is C24H29N5O3. The number of aliphatic hydroxyl groups is 1. The highest BCUT2D eigenvalue weighted by atomic mass is 16.3. The van der Waals surface area contributed by atoms with Crippen LogP contribution >= 0.6 is 0 Å². The lowest BCUT2D eigenvalue weighted by Crippen LogP contribution is -2.49. The van der Waals surface area contributed by atoms with Gasteiger partial charge in [0.15, 0.2) is 0 Å². The van der Waals surface area contributed by atoms with Gasteiger partial charge >= 0.3 is 0 Å². The summed E-state index contributed by atoms with van der Waals surface area (Å²) in [5.41, 5.74) is 16.0. The average Bonchev–Trinajstić information content (AvgIpc) is 2.81. The van der Waals surface area contributed by atoms with Gasteiger partial charge in [0.1, 0.15) is 6.23 Å². The molecule has 1 aliphatic carbocycles. The predicted octanol–water partition coefficient (Wildman–Crippen LogP) is 1.13. The summed E-state index contributed by atoms with van der Waals surface area (Å²) in [6.45, 7) is 0.589. The number of carbonyl (C=O) groups is 2. The average molecular weight is 436 g/mol. The first-order valence-electron chi connectivity index (χ1n) is 10.5. The van der Waals surface area contributed by atoms with Crippen molar-refractivity contribution in [2.45, 2.75) is 38.1 Å². The summed E-state index contributed by atoms with van der Waals surface area (Å²) in [5.74, 6) is -1.87. The van der Waals surface area contributed by atoms with Crippen LogP contribution in [0.3, 0.4) is 0 Å². The molecule has 0 saturated heterocycles. The van der Waals surface area contributed by atoms with Gasteiger partial charge in [-0.05, 0) is 42.7 Å². The van der Waals surface area contributed by atoms with Crippen LogP contribution in [-0.4, -0.2) is 42.3 Å². The fourth-order valence-corrected chi connectivity index (χ4v) is 3.84. The second-order valence-electron chi connectivity index (χ2n) is 7.66. The number of carbonyl (C=O) groups excluding carboxylic acids is 2. The van der Waals surface area contributed by atoms with Gasteiger partial charge in [-0.15, -0.1) is 0 Å². The Morgan fingerprint density at radius 2 is 2.09 bits per heavy atom. The Kier molecular flexibility index (Phi) is 7.75. The molecule has 0 radical (unpaired) electrons. The minimum absolute atomic E-state index is 0.223. The molecule has 8 nitrogen and oxygen atoms in total. The number of fused-ring (bicyclic) bond motifs is 1. The van der Waals surface area contributed by atoms with Gasteiger partial charge < -0.3 is 21.9 Å². The first-order chi connectivity index (χ1) is 15.4. The first-order valence-corrected chi connectivity index (χ1v) is 10.5. The number of nitrogens with two attached hydrogens (primary N) is 2. The Bertz CT molecular complexity index is 1040. The van der Waals surface area contributed by atoms with Crippen LogP contribution in [0.1, 0.15) is 36.0 Å². The number of nitrogens with one attached hydrogen (secondary N) is 2. The molecule has 0 aromatic heterocycles. The van der Waals surface area contributed by atoms with Gasteiger partial charge in [-0.1, -0.05) is 42.0 Å². The van der Waals surface area contributed by atoms with Gasteiger partial charge in [-0.2, -0.15) is 0 Å². The summed E-state index contributed by atoms with van der Waals surface area (Å²) in [7, 11) is 1.56. The van der Waals surface area contributed by atoms with Gasteiger partial charge in [0.2, 0.25) is 5.78 Å². The van der Waals surface area contributed by atoms with Crippen molar-refractivity contribution in [3.63, 3.8) is 0 Å². The van der Waals surface area contributed by atoms with E-state index in [1.807, 2.05) is 48.7 Å². The molecule has 1 aromatic carbocycles. The Morgan fingerprint density at radius 1 is 1.28 bits per heavy atom. The molecule has 0 fully saturated rings. The molecular weight excluding hydrogens is 406 g/mol. The van der Waals surface area contributed by atoms with Crippen molar-refractivity contribution in [1.29, 1.82) is 0 Å². The zero-order valence-electron chi connectivity index (χ0n) is 18.0. The molecule has 2 unspecified atom stereocenters. The van der Waals surface area contributed by atoms with E-state index in [-0.39, 0.29) is 6.42 Å². The topological polar surface area (TPSA) is 143 Å². The highest BCUT2D eigenvalue weighted by Gasteiger charge is 2.28. The van der Waals surface area contributed by atoms with Crippen LogP contribution in [0.15, 0.2) is 58.8 Å². The van der Waals surface area contributed by atoms with Crippen molar-refractivity contribution in [3.8, 4) is 0 Å². The number of aliphatic imine (C=N–C) groups is 1. The van der Waals surface area contributed by atoms with E-state index in [1.165, 1.54) is 6.21 Å². The van der Waals surface area contributed by atoms with Crippen LogP contribution in [0.2, 0.25) is 0 Å². The molecule has 0 spiro atoms. The van der Waals surface area contributed by atoms with E-state index in [2.05, 4.69) is 15.6 Å². The number of amides is 1. The van der Waals surface area contributed by atoms with Crippen molar-refractivity contribution in [3.05, 3.63) is 70.5 Å². The Labute approximate surface area is 187 Å². The van der Waals surface area contributed by atoms with Gasteiger partial charge in [0, 0.05) is 36.6 Å². The maximum Gasteiger partial charge on any atom is 0.286 e. The maximum atomic E-state index is 12.5. The van der Waals surface area contributed by atoms with Crippen molar-refractivity contribution in [2.24, 2.45) is 16.5 Å². The van der Waals surface area contributed by atoms with Crippen LogP contribution in [-0.2, 0) is 16.1 Å². The number of ketones is 1. The van der Waals surface area contributed by atoms with E-state index in [0.717, 1.165) is 35.1 Å². The maximum absolute atomic E-state index is 12.5. The lowest BCUT2D eigenvalue weighted by atomic mass is 9.94. The molecule has 2 atom stereocenters. The quantitative estimate of drug-likeness (QED) is 0.224. The lowest BCUT2D eigenvalue weighted by molar-refractivity contribution is -0.137. The predicted molar refractivity (Wildman–Crippen MR) is 126 cm³/mol. The number of allylic oxidation sites excluding steroid dienone is 3. The van der Waals surface area contributed by atoms with Gasteiger partial charge in [-0.3, -0.25) is 19.9 Å². The van der Waals surface area contributed by atoms with E-state index in [4.69, 9.17) is 11.5 Å². The van der Waals surface area contributed by atoms with Crippen molar-refractivity contribution >= 4 is 29.7 Å². The third-order valence-corrected chi connectivity index (χ3v) is 5.47. The summed E-state index contributed by atoms with van der Waals surface area (Å²) in [6.07, 6.45) is 11.8. The van der Waals surface area contributed by atoms with E-state index in [1.54, 1.807) is 7.05 Å². The molecule has 1 heterocycles. The van der Waals surface area contributed by atoms with Crippen molar-refractivity contribution in [1.82, 2.24) is 10.6 Å². The number of primary amides is 1. The highest BCUT2D eigenvalue weighted by Crippen LogP contribution is 2.25.